The average Bonchev–Trinajstić information content (AvgIpc) is 3.24. The smallest absolute Gasteiger partial charge is 0.408 e. The van der Waals surface area contributed by atoms with E-state index in [-0.39, 0.29) is 18.4 Å². The van der Waals surface area contributed by atoms with Gasteiger partial charge in [-0.05, 0) is 58.1 Å². The van der Waals surface area contributed by atoms with Crippen LogP contribution in [-0.4, -0.2) is 52.2 Å². The predicted octanol–water partition coefficient (Wildman–Crippen LogP) is 4.35. The molecule has 2 N–H and O–H groups in total. The summed E-state index contributed by atoms with van der Waals surface area (Å²) in [4.78, 5) is 40.1. The number of nitrogens with zero attached hydrogens (tertiary/aromatic N) is 1. The van der Waals surface area contributed by atoms with Crippen LogP contribution in [0.2, 0.25) is 0 Å². The number of carboxylic acids is 1. The number of carboxylic acid groups (broad SMARTS) is 1. The first-order valence-corrected chi connectivity index (χ1v) is 11.7. The van der Waals surface area contributed by atoms with Crippen LogP contribution in [0, 0.1) is 0 Å². The maximum atomic E-state index is 13.3. The van der Waals surface area contributed by atoms with Gasteiger partial charge in [-0.15, -0.1) is 0 Å². The lowest BCUT2D eigenvalue weighted by molar-refractivity contribution is -0.144. The molecule has 1 fully saturated rings. The van der Waals surface area contributed by atoms with Crippen LogP contribution in [0.3, 0.4) is 0 Å². The molecule has 1 aliphatic rings. The number of likely N-dealkylation sites (tertiary alicyclic amines) is 1. The van der Waals surface area contributed by atoms with Gasteiger partial charge < -0.3 is 20.1 Å². The predicted molar refractivity (Wildman–Crippen MR) is 129 cm³/mol. The Morgan fingerprint density at radius 1 is 1.03 bits per heavy atom. The number of hydrogen-bond acceptors (Lipinski definition) is 4. The molecule has 1 heterocycles. The van der Waals surface area contributed by atoms with E-state index in [4.69, 9.17) is 4.74 Å². The molecule has 0 bridgehead atoms. The van der Waals surface area contributed by atoms with Crippen molar-refractivity contribution in [2.75, 3.05) is 6.54 Å². The zero-order valence-corrected chi connectivity index (χ0v) is 20.3. The van der Waals surface area contributed by atoms with E-state index in [0.717, 1.165) is 6.42 Å². The van der Waals surface area contributed by atoms with E-state index in [1.807, 2.05) is 60.7 Å². The van der Waals surface area contributed by atoms with Crippen LogP contribution in [0.15, 0.2) is 60.7 Å². The second-order valence-electron chi connectivity index (χ2n) is 9.84. The molecular formula is C27H34N2O5. The number of amides is 2. The van der Waals surface area contributed by atoms with Gasteiger partial charge in [0.2, 0.25) is 5.91 Å². The highest BCUT2D eigenvalue weighted by atomic mass is 16.6. The Morgan fingerprint density at radius 3 is 2.03 bits per heavy atom. The monoisotopic (exact) mass is 466 g/mol. The fourth-order valence-corrected chi connectivity index (χ4v) is 4.67. The molecule has 7 nitrogen and oxygen atoms in total. The Morgan fingerprint density at radius 2 is 1.56 bits per heavy atom. The number of carbonyl (C=O) groups excluding carboxylic acids is 2. The summed E-state index contributed by atoms with van der Waals surface area (Å²) in [6.45, 7) is 7.42. The Hall–Kier alpha value is -3.35. The molecule has 1 saturated heterocycles. The minimum Gasteiger partial charge on any atom is -0.480 e. The lowest BCUT2D eigenvalue weighted by atomic mass is 9.70. The molecule has 2 aromatic rings. The highest BCUT2D eigenvalue weighted by Crippen LogP contribution is 2.40. The summed E-state index contributed by atoms with van der Waals surface area (Å²) >= 11 is 0. The largest absolute Gasteiger partial charge is 0.480 e. The van der Waals surface area contributed by atoms with Gasteiger partial charge in [-0.3, -0.25) is 9.59 Å². The first kappa shape index (κ1) is 25.3. The maximum absolute atomic E-state index is 13.3. The van der Waals surface area contributed by atoms with E-state index in [0.29, 0.717) is 24.1 Å². The number of ether oxygens (including phenoxy) is 1. The standard InChI is InChI=1S/C27H34N2O5/c1-19(28-25(33)34-26(2,3)4)23(30)29-17-11-16-22(29)18-27(24(31)32,20-12-7-5-8-13-20)21-14-9-6-10-15-21/h5-10,12-15,19,22H,11,16-18H2,1-4H3,(H,28,33)(H,31,32)/t19-,22?/m0/s1. The molecule has 0 aromatic heterocycles. The summed E-state index contributed by atoms with van der Waals surface area (Å²) in [5.41, 5.74) is -0.631. The highest BCUT2D eigenvalue weighted by molar-refractivity contribution is 5.88. The molecule has 34 heavy (non-hydrogen) atoms. The SMILES string of the molecule is C[C@H](NC(=O)OC(C)(C)C)C(=O)N1CCCC1CC(C(=O)O)(c1ccccc1)c1ccccc1. The summed E-state index contributed by atoms with van der Waals surface area (Å²) in [6.07, 6.45) is 1.05. The van der Waals surface area contributed by atoms with Gasteiger partial charge in [0, 0.05) is 12.6 Å². The number of nitrogens with one attached hydrogen (secondary N) is 1. The van der Waals surface area contributed by atoms with Gasteiger partial charge in [0.15, 0.2) is 0 Å². The molecule has 3 rings (SSSR count). The maximum Gasteiger partial charge on any atom is 0.408 e. The van der Waals surface area contributed by atoms with Crippen LogP contribution in [0.1, 0.15) is 58.1 Å². The van der Waals surface area contributed by atoms with Crippen LogP contribution < -0.4 is 5.32 Å². The summed E-state index contributed by atoms with van der Waals surface area (Å²) in [7, 11) is 0. The van der Waals surface area contributed by atoms with Gasteiger partial charge in [0.1, 0.15) is 17.1 Å². The quantitative estimate of drug-likeness (QED) is 0.632. The second-order valence-corrected chi connectivity index (χ2v) is 9.84. The van der Waals surface area contributed by atoms with E-state index < -0.39 is 29.1 Å². The number of hydrogen-bond donors (Lipinski definition) is 2. The Balaban J connectivity index is 1.89. The number of benzene rings is 2. The van der Waals surface area contributed by atoms with E-state index in [2.05, 4.69) is 5.32 Å². The van der Waals surface area contributed by atoms with Gasteiger partial charge in [0.05, 0.1) is 0 Å². The van der Waals surface area contributed by atoms with Gasteiger partial charge in [-0.2, -0.15) is 0 Å². The van der Waals surface area contributed by atoms with Gasteiger partial charge in [-0.25, -0.2) is 4.79 Å². The lowest BCUT2D eigenvalue weighted by Gasteiger charge is -2.37. The average molecular weight is 467 g/mol. The normalized spacial score (nSPS) is 17.2. The molecular weight excluding hydrogens is 432 g/mol. The van der Waals surface area contributed by atoms with Crippen molar-refractivity contribution >= 4 is 18.0 Å². The number of carbonyl (C=O) groups is 3. The Bertz CT molecular complexity index is 961. The number of aliphatic carboxylic acids is 1. The van der Waals surface area contributed by atoms with Crippen molar-refractivity contribution < 1.29 is 24.2 Å². The van der Waals surface area contributed by atoms with Gasteiger partial charge >= 0.3 is 12.1 Å². The third-order valence-corrected chi connectivity index (χ3v) is 6.20. The molecule has 2 atom stereocenters. The van der Waals surface area contributed by atoms with Crippen molar-refractivity contribution in [3.05, 3.63) is 71.8 Å². The minimum atomic E-state index is -1.31. The minimum absolute atomic E-state index is 0.237. The van der Waals surface area contributed by atoms with E-state index in [1.54, 1.807) is 32.6 Å². The molecule has 182 valence electrons. The zero-order chi connectivity index (χ0) is 24.9. The summed E-state index contributed by atoms with van der Waals surface area (Å²) in [5.74, 6) is -1.20. The van der Waals surface area contributed by atoms with Crippen LogP contribution in [-0.2, 0) is 19.7 Å². The summed E-state index contributed by atoms with van der Waals surface area (Å²) in [6, 6.07) is 17.3. The van der Waals surface area contributed by atoms with Crippen molar-refractivity contribution in [3.8, 4) is 0 Å². The molecule has 1 unspecified atom stereocenters. The number of rotatable bonds is 7. The van der Waals surface area contributed by atoms with Crippen LogP contribution in [0.4, 0.5) is 4.79 Å². The van der Waals surface area contributed by atoms with Crippen molar-refractivity contribution in [3.63, 3.8) is 0 Å². The van der Waals surface area contributed by atoms with Crippen LogP contribution in [0.5, 0.6) is 0 Å². The fraction of sp³-hybridized carbons (Fsp3) is 0.444. The highest BCUT2D eigenvalue weighted by Gasteiger charge is 2.47. The molecule has 2 amide bonds. The molecule has 2 aromatic carbocycles. The van der Waals surface area contributed by atoms with Crippen molar-refractivity contribution in [1.82, 2.24) is 10.2 Å². The van der Waals surface area contributed by atoms with Crippen molar-refractivity contribution in [1.29, 1.82) is 0 Å². The van der Waals surface area contributed by atoms with Gasteiger partial charge in [-0.1, -0.05) is 60.7 Å². The van der Waals surface area contributed by atoms with E-state index >= 15 is 0 Å². The van der Waals surface area contributed by atoms with E-state index in [1.165, 1.54) is 0 Å². The number of alkyl carbamates (subject to hydrolysis) is 1. The topological polar surface area (TPSA) is 95.9 Å². The second kappa shape index (κ2) is 10.3. The molecule has 0 spiro atoms. The Labute approximate surface area is 201 Å². The zero-order valence-electron chi connectivity index (χ0n) is 20.3. The van der Waals surface area contributed by atoms with Crippen molar-refractivity contribution in [2.24, 2.45) is 0 Å². The first-order valence-electron chi connectivity index (χ1n) is 11.7. The molecule has 0 saturated carbocycles. The van der Waals surface area contributed by atoms with Gasteiger partial charge in [0.25, 0.3) is 0 Å². The van der Waals surface area contributed by atoms with Crippen LogP contribution >= 0.6 is 0 Å². The van der Waals surface area contributed by atoms with E-state index in [9.17, 15) is 19.5 Å². The lowest BCUT2D eigenvalue weighted by Crippen LogP contribution is -2.51. The summed E-state index contributed by atoms with van der Waals surface area (Å²) < 4.78 is 5.28. The molecule has 0 radical (unpaired) electrons. The summed E-state index contributed by atoms with van der Waals surface area (Å²) in [5, 5.41) is 13.2. The fourth-order valence-electron chi connectivity index (χ4n) is 4.67. The first-order chi connectivity index (χ1) is 16.0. The van der Waals surface area contributed by atoms with Crippen LogP contribution in [0.25, 0.3) is 0 Å². The Kier molecular flexibility index (Phi) is 7.64. The van der Waals surface area contributed by atoms with Crippen molar-refractivity contribution in [2.45, 2.75) is 70.1 Å². The molecule has 0 aliphatic carbocycles. The third-order valence-electron chi connectivity index (χ3n) is 6.20. The molecule has 7 heteroatoms. The molecule has 1 aliphatic heterocycles. The third kappa shape index (κ3) is 5.58.